The van der Waals surface area contributed by atoms with Crippen molar-refractivity contribution in [3.63, 3.8) is 0 Å². The minimum Gasteiger partial charge on any atom is -0.361 e. The topological polar surface area (TPSA) is 55.6 Å². The second-order valence-corrected chi connectivity index (χ2v) is 9.57. The summed E-state index contributed by atoms with van der Waals surface area (Å²) in [7, 11) is 0. The lowest BCUT2D eigenvalue weighted by molar-refractivity contribution is 0.998. The van der Waals surface area contributed by atoms with Crippen molar-refractivity contribution in [2.75, 3.05) is 10.6 Å². The molecule has 36 heavy (non-hydrogen) atoms. The first-order valence-electron chi connectivity index (χ1n) is 11.7. The first kappa shape index (κ1) is 22.4. The van der Waals surface area contributed by atoms with Crippen LogP contribution in [0.5, 0.6) is 0 Å². The predicted octanol–water partition coefficient (Wildman–Crippen LogP) is 8.29. The number of halogens is 1. The third kappa shape index (κ3) is 4.35. The van der Waals surface area contributed by atoms with Gasteiger partial charge in [-0.1, -0.05) is 66.2 Å². The van der Waals surface area contributed by atoms with Crippen molar-refractivity contribution in [1.82, 2.24) is 9.97 Å². The lowest BCUT2D eigenvalue weighted by atomic mass is 9.84. The number of aromatic nitrogens is 2. The second-order valence-electron chi connectivity index (χ2n) is 8.72. The molecule has 0 bridgehead atoms. The van der Waals surface area contributed by atoms with E-state index in [0.717, 1.165) is 22.4 Å². The van der Waals surface area contributed by atoms with Crippen LogP contribution in [0.4, 0.5) is 11.4 Å². The summed E-state index contributed by atoms with van der Waals surface area (Å²) in [5, 5.41) is 10.1. The highest BCUT2D eigenvalue weighted by Crippen LogP contribution is 2.39. The van der Waals surface area contributed by atoms with Gasteiger partial charge in [-0.3, -0.25) is 0 Å². The number of hydrogen-bond acceptors (Lipinski definition) is 1. The molecule has 0 atom stereocenters. The summed E-state index contributed by atoms with van der Waals surface area (Å²) in [4.78, 5) is 6.91. The van der Waals surface area contributed by atoms with Gasteiger partial charge in [0.2, 0.25) is 0 Å². The Kier molecular flexibility index (Phi) is 5.93. The van der Waals surface area contributed by atoms with Crippen LogP contribution >= 0.6 is 23.8 Å². The molecule has 0 aliphatic rings. The van der Waals surface area contributed by atoms with Crippen molar-refractivity contribution in [3.8, 4) is 0 Å². The molecular weight excluding hydrogens is 484 g/mol. The molecule has 176 valence electrons. The maximum Gasteiger partial charge on any atom is 0.175 e. The molecule has 4 N–H and O–H groups in total. The summed E-state index contributed by atoms with van der Waals surface area (Å²) in [6.07, 6.45) is 4.26. The smallest absolute Gasteiger partial charge is 0.175 e. The number of thiocarbonyl (C=S) groups is 1. The molecule has 0 aliphatic carbocycles. The van der Waals surface area contributed by atoms with Crippen LogP contribution in [0, 0.1) is 0 Å². The highest BCUT2D eigenvalue weighted by molar-refractivity contribution is 7.80. The van der Waals surface area contributed by atoms with Crippen LogP contribution in [0.2, 0.25) is 5.02 Å². The van der Waals surface area contributed by atoms with E-state index in [2.05, 4.69) is 106 Å². The van der Waals surface area contributed by atoms with Crippen LogP contribution < -0.4 is 10.6 Å². The Labute approximate surface area is 219 Å². The van der Waals surface area contributed by atoms with Gasteiger partial charge in [0.05, 0.1) is 0 Å². The number of anilines is 2. The Hall–Kier alpha value is -4.06. The van der Waals surface area contributed by atoms with E-state index in [4.69, 9.17) is 23.8 Å². The largest absolute Gasteiger partial charge is 0.361 e. The number of H-pyrrole nitrogens is 2. The van der Waals surface area contributed by atoms with Gasteiger partial charge in [0.15, 0.2) is 5.11 Å². The van der Waals surface area contributed by atoms with Crippen molar-refractivity contribution < 1.29 is 0 Å². The molecule has 2 aromatic heterocycles. The maximum atomic E-state index is 6.08. The van der Waals surface area contributed by atoms with E-state index in [1.807, 2.05) is 24.3 Å². The molecule has 6 heteroatoms. The van der Waals surface area contributed by atoms with Gasteiger partial charge >= 0.3 is 0 Å². The highest BCUT2D eigenvalue weighted by atomic mass is 35.5. The fourth-order valence-corrected chi connectivity index (χ4v) is 5.24. The van der Waals surface area contributed by atoms with Gasteiger partial charge in [-0.15, -0.1) is 0 Å². The Morgan fingerprint density at radius 1 is 0.667 bits per heavy atom. The van der Waals surface area contributed by atoms with E-state index < -0.39 is 0 Å². The van der Waals surface area contributed by atoms with Gasteiger partial charge in [0, 0.05) is 56.5 Å². The lowest BCUT2D eigenvalue weighted by Gasteiger charge is -2.18. The average Bonchev–Trinajstić information content (AvgIpc) is 3.51. The van der Waals surface area contributed by atoms with Gasteiger partial charge in [0.25, 0.3) is 0 Å². The molecule has 0 aliphatic heterocycles. The maximum absolute atomic E-state index is 6.08. The Morgan fingerprint density at radius 3 is 1.86 bits per heavy atom. The minimum absolute atomic E-state index is 0.0582. The van der Waals surface area contributed by atoms with E-state index in [9.17, 15) is 0 Å². The molecule has 6 aromatic rings. The molecule has 2 heterocycles. The van der Waals surface area contributed by atoms with Crippen molar-refractivity contribution in [1.29, 1.82) is 0 Å². The lowest BCUT2D eigenvalue weighted by Crippen LogP contribution is -2.19. The van der Waals surface area contributed by atoms with Crippen molar-refractivity contribution >= 4 is 62.1 Å². The number of para-hydroxylation sites is 2. The van der Waals surface area contributed by atoms with Crippen LogP contribution in [0.15, 0.2) is 109 Å². The van der Waals surface area contributed by atoms with Crippen LogP contribution in [-0.2, 0) is 0 Å². The third-order valence-electron chi connectivity index (χ3n) is 6.45. The summed E-state index contributed by atoms with van der Waals surface area (Å²) in [6, 6.07) is 32.8. The summed E-state index contributed by atoms with van der Waals surface area (Å²) in [6.45, 7) is 0. The fourth-order valence-electron chi connectivity index (χ4n) is 4.81. The molecule has 0 radical (unpaired) electrons. The van der Waals surface area contributed by atoms with Crippen LogP contribution in [0.25, 0.3) is 21.8 Å². The first-order chi connectivity index (χ1) is 17.7. The summed E-state index contributed by atoms with van der Waals surface area (Å²) >= 11 is 11.6. The normalized spacial score (nSPS) is 11.3. The Bertz CT molecular complexity index is 1610. The Morgan fingerprint density at radius 2 is 1.25 bits per heavy atom. The fraction of sp³-hybridized carbons (Fsp3) is 0.0333. The van der Waals surface area contributed by atoms with Gasteiger partial charge in [-0.25, -0.2) is 0 Å². The number of fused-ring (bicyclic) bond motifs is 2. The quantitative estimate of drug-likeness (QED) is 0.178. The van der Waals surface area contributed by atoms with Crippen molar-refractivity contribution in [3.05, 3.63) is 131 Å². The van der Waals surface area contributed by atoms with E-state index in [1.54, 1.807) is 0 Å². The molecule has 4 nitrogen and oxygen atoms in total. The molecular formula is C30H23ClN4S. The van der Waals surface area contributed by atoms with E-state index in [-0.39, 0.29) is 5.92 Å². The Balaban J connectivity index is 1.34. The average molecular weight is 507 g/mol. The predicted molar refractivity (Wildman–Crippen MR) is 155 cm³/mol. The zero-order valence-corrected chi connectivity index (χ0v) is 20.8. The molecule has 4 aromatic carbocycles. The van der Waals surface area contributed by atoms with Gasteiger partial charge in [-0.05, 0) is 71.4 Å². The molecule has 0 saturated heterocycles. The SMILES string of the molecule is S=C(Nc1ccc(C(c2c[nH]c3ccccc23)c2c[nH]c3ccccc23)cc1)Nc1cccc(Cl)c1. The standard InChI is InChI=1S/C30H23ClN4S/c31-20-6-5-7-22(16-20)35-30(36)34-21-14-12-19(13-15-21)29(25-17-32-27-10-3-1-8-23(25)27)26-18-33-28-11-4-2-9-24(26)28/h1-18,29,32-33H,(H2,34,35,36). The first-order valence-corrected chi connectivity index (χ1v) is 12.5. The third-order valence-corrected chi connectivity index (χ3v) is 6.89. The molecule has 0 saturated carbocycles. The van der Waals surface area contributed by atoms with Crippen LogP contribution in [0.1, 0.15) is 22.6 Å². The number of hydrogen-bond donors (Lipinski definition) is 4. The van der Waals surface area contributed by atoms with Crippen LogP contribution in [-0.4, -0.2) is 15.1 Å². The number of benzene rings is 4. The minimum atomic E-state index is 0.0582. The zero-order valence-electron chi connectivity index (χ0n) is 19.3. The molecule has 0 fully saturated rings. The van der Waals surface area contributed by atoms with Gasteiger partial charge < -0.3 is 20.6 Å². The van der Waals surface area contributed by atoms with Crippen molar-refractivity contribution in [2.24, 2.45) is 0 Å². The summed E-state index contributed by atoms with van der Waals surface area (Å²) < 4.78 is 0. The number of aromatic amines is 2. The van der Waals surface area contributed by atoms with E-state index in [0.29, 0.717) is 10.1 Å². The van der Waals surface area contributed by atoms with E-state index >= 15 is 0 Å². The highest BCUT2D eigenvalue weighted by Gasteiger charge is 2.23. The summed E-state index contributed by atoms with van der Waals surface area (Å²) in [5.41, 5.74) is 7.71. The number of nitrogens with one attached hydrogen (secondary N) is 4. The zero-order chi connectivity index (χ0) is 24.5. The van der Waals surface area contributed by atoms with Crippen molar-refractivity contribution in [2.45, 2.75) is 5.92 Å². The van der Waals surface area contributed by atoms with Gasteiger partial charge in [0.1, 0.15) is 0 Å². The molecule has 6 rings (SSSR count). The monoisotopic (exact) mass is 506 g/mol. The van der Waals surface area contributed by atoms with Crippen LogP contribution in [0.3, 0.4) is 0 Å². The molecule has 0 unspecified atom stereocenters. The molecule has 0 spiro atoms. The van der Waals surface area contributed by atoms with E-state index in [1.165, 1.54) is 27.5 Å². The second kappa shape index (κ2) is 9.53. The molecule has 0 amide bonds. The number of rotatable bonds is 5. The summed E-state index contributed by atoms with van der Waals surface area (Å²) in [5.74, 6) is 0.0582. The van der Waals surface area contributed by atoms with Gasteiger partial charge in [-0.2, -0.15) is 0 Å².